The van der Waals surface area contributed by atoms with Gasteiger partial charge in [-0.3, -0.25) is 4.79 Å². The van der Waals surface area contributed by atoms with Gasteiger partial charge in [0.15, 0.2) is 0 Å². The molecule has 1 aromatic carbocycles. The Morgan fingerprint density at radius 2 is 1.81 bits per heavy atom. The van der Waals surface area contributed by atoms with Crippen molar-refractivity contribution in [1.29, 1.82) is 0 Å². The highest BCUT2D eigenvalue weighted by atomic mass is 16.5. The Balaban J connectivity index is 2.17. The number of nitrogens with zero attached hydrogens (tertiary/aromatic N) is 3. The summed E-state index contributed by atoms with van der Waals surface area (Å²) in [7, 11) is 5.67. The Morgan fingerprint density at radius 3 is 2.44 bits per heavy atom. The van der Waals surface area contributed by atoms with Crippen molar-refractivity contribution in [3.05, 3.63) is 59.4 Å². The summed E-state index contributed by atoms with van der Waals surface area (Å²) in [6, 6.07) is 12.4. The number of aryl methyl sites for hydroxylation is 1. The van der Waals surface area contributed by atoms with Crippen molar-refractivity contribution in [3.8, 4) is 5.69 Å². The van der Waals surface area contributed by atoms with E-state index in [4.69, 9.17) is 4.74 Å². The van der Waals surface area contributed by atoms with Gasteiger partial charge in [-0.1, -0.05) is 18.2 Å². The van der Waals surface area contributed by atoms with Crippen molar-refractivity contribution in [2.45, 2.75) is 13.8 Å². The summed E-state index contributed by atoms with van der Waals surface area (Å²) in [6.45, 7) is 6.81. The predicted octanol–water partition coefficient (Wildman–Crippen LogP) is 3.14. The summed E-state index contributed by atoms with van der Waals surface area (Å²) in [4.78, 5) is 16.6. The molecule has 0 radical (unpaired) electrons. The lowest BCUT2D eigenvalue weighted by Gasteiger charge is -2.22. The number of amides is 1. The summed E-state index contributed by atoms with van der Waals surface area (Å²) >= 11 is 0. The van der Waals surface area contributed by atoms with E-state index in [0.717, 1.165) is 29.2 Å². The van der Waals surface area contributed by atoms with Crippen LogP contribution in [-0.4, -0.2) is 67.7 Å². The molecule has 0 atom stereocenters. The van der Waals surface area contributed by atoms with Crippen LogP contribution in [-0.2, 0) is 9.53 Å². The van der Waals surface area contributed by atoms with Gasteiger partial charge in [0.05, 0.1) is 6.61 Å². The largest absolute Gasteiger partial charge is 0.383 e. The number of methoxy groups -OCH3 is 1. The molecule has 0 aliphatic rings. The lowest BCUT2D eigenvalue weighted by atomic mass is 10.2. The monoisotopic (exact) mass is 369 g/mol. The minimum absolute atomic E-state index is 0.0124. The van der Waals surface area contributed by atoms with Gasteiger partial charge in [0.2, 0.25) is 5.91 Å². The first-order valence-corrected chi connectivity index (χ1v) is 9.29. The molecule has 0 spiro atoms. The molecule has 1 heterocycles. The van der Waals surface area contributed by atoms with Crippen LogP contribution in [0.4, 0.5) is 0 Å². The van der Waals surface area contributed by atoms with Gasteiger partial charge in [-0.25, -0.2) is 0 Å². The maximum atomic E-state index is 12.7. The van der Waals surface area contributed by atoms with Crippen LogP contribution in [0.25, 0.3) is 11.8 Å². The van der Waals surface area contributed by atoms with E-state index in [1.54, 1.807) is 13.2 Å². The van der Waals surface area contributed by atoms with E-state index in [0.29, 0.717) is 19.7 Å². The zero-order valence-corrected chi connectivity index (χ0v) is 17.1. The van der Waals surface area contributed by atoms with Gasteiger partial charge >= 0.3 is 0 Å². The molecule has 1 aromatic heterocycles. The third-order valence-electron chi connectivity index (χ3n) is 4.58. The molecule has 0 unspecified atom stereocenters. The Morgan fingerprint density at radius 1 is 1.11 bits per heavy atom. The number of carbonyl (C=O) groups excluding carboxylic acids is 1. The van der Waals surface area contributed by atoms with E-state index in [2.05, 4.69) is 41.5 Å². The van der Waals surface area contributed by atoms with Crippen molar-refractivity contribution >= 4 is 12.0 Å². The molecule has 0 saturated heterocycles. The summed E-state index contributed by atoms with van der Waals surface area (Å²) < 4.78 is 7.35. The fourth-order valence-corrected chi connectivity index (χ4v) is 3.05. The molecule has 0 aliphatic heterocycles. The number of benzene rings is 1. The molecule has 5 heteroatoms. The van der Waals surface area contributed by atoms with Gasteiger partial charge in [0.25, 0.3) is 0 Å². The van der Waals surface area contributed by atoms with E-state index in [9.17, 15) is 4.79 Å². The van der Waals surface area contributed by atoms with Gasteiger partial charge in [0.1, 0.15) is 0 Å². The lowest BCUT2D eigenvalue weighted by molar-refractivity contribution is -0.126. The number of hydrogen-bond acceptors (Lipinski definition) is 3. The quantitative estimate of drug-likeness (QED) is 0.637. The molecule has 1 amide bonds. The summed E-state index contributed by atoms with van der Waals surface area (Å²) in [5.74, 6) is 0.0124. The first kappa shape index (κ1) is 20.9. The van der Waals surface area contributed by atoms with Gasteiger partial charge in [0, 0.05) is 49.9 Å². The maximum absolute atomic E-state index is 12.7. The average molecular weight is 370 g/mol. The van der Waals surface area contributed by atoms with E-state index in [-0.39, 0.29) is 5.91 Å². The van der Waals surface area contributed by atoms with E-state index >= 15 is 0 Å². The van der Waals surface area contributed by atoms with Crippen LogP contribution < -0.4 is 0 Å². The Bertz CT molecular complexity index is 763. The standard InChI is InChI=1S/C22H31N3O2/c1-18-17-20(19(2)25(18)21-9-7-6-8-10-21)11-12-22(26)24(15-16-27-5)14-13-23(3)4/h6-12,17H,13-16H2,1-5H3. The summed E-state index contributed by atoms with van der Waals surface area (Å²) in [6.07, 6.45) is 3.59. The van der Waals surface area contributed by atoms with Gasteiger partial charge in [-0.2, -0.15) is 0 Å². The zero-order chi connectivity index (χ0) is 19.8. The molecule has 0 fully saturated rings. The number of hydrogen-bond donors (Lipinski definition) is 0. The first-order chi connectivity index (χ1) is 12.9. The van der Waals surface area contributed by atoms with E-state index in [1.807, 2.05) is 43.3 Å². The fourth-order valence-electron chi connectivity index (χ4n) is 3.05. The number of para-hydroxylation sites is 1. The third-order valence-corrected chi connectivity index (χ3v) is 4.58. The Kier molecular flexibility index (Phi) is 7.82. The SMILES string of the molecule is COCCN(CCN(C)C)C(=O)C=Cc1cc(C)n(-c2ccccc2)c1C. The normalized spacial score (nSPS) is 11.5. The van der Waals surface area contributed by atoms with Crippen LogP contribution >= 0.6 is 0 Å². The molecule has 0 bridgehead atoms. The van der Waals surface area contributed by atoms with Crippen LogP contribution in [0.3, 0.4) is 0 Å². The maximum Gasteiger partial charge on any atom is 0.246 e. The van der Waals surface area contributed by atoms with E-state index in [1.165, 1.54) is 0 Å². The van der Waals surface area contributed by atoms with Gasteiger partial charge < -0.3 is 19.1 Å². The number of carbonyl (C=O) groups is 1. The molecule has 5 nitrogen and oxygen atoms in total. The molecule has 0 N–H and O–H groups in total. The van der Waals surface area contributed by atoms with Crippen LogP contribution in [0.5, 0.6) is 0 Å². The fraction of sp³-hybridized carbons (Fsp3) is 0.409. The highest BCUT2D eigenvalue weighted by Crippen LogP contribution is 2.21. The molecule has 0 saturated carbocycles. The van der Waals surface area contributed by atoms with Crippen LogP contribution in [0, 0.1) is 13.8 Å². The highest BCUT2D eigenvalue weighted by Gasteiger charge is 2.12. The molecule has 27 heavy (non-hydrogen) atoms. The second-order valence-electron chi connectivity index (χ2n) is 6.95. The Labute approximate surface area is 162 Å². The van der Waals surface area contributed by atoms with Crippen molar-refractivity contribution in [2.24, 2.45) is 0 Å². The smallest absolute Gasteiger partial charge is 0.246 e. The minimum atomic E-state index is 0.0124. The van der Waals surface area contributed by atoms with Crippen LogP contribution in [0.15, 0.2) is 42.5 Å². The molecule has 146 valence electrons. The summed E-state index contributed by atoms with van der Waals surface area (Å²) in [5.41, 5.74) is 4.46. The number of rotatable bonds is 9. The summed E-state index contributed by atoms with van der Waals surface area (Å²) in [5, 5.41) is 0. The van der Waals surface area contributed by atoms with Crippen molar-refractivity contribution < 1.29 is 9.53 Å². The van der Waals surface area contributed by atoms with Crippen LogP contribution in [0.2, 0.25) is 0 Å². The molecular formula is C22H31N3O2. The minimum Gasteiger partial charge on any atom is -0.383 e. The zero-order valence-electron chi connectivity index (χ0n) is 17.1. The lowest BCUT2D eigenvalue weighted by Crippen LogP contribution is -2.37. The van der Waals surface area contributed by atoms with Gasteiger partial charge in [-0.05, 0) is 57.8 Å². The van der Waals surface area contributed by atoms with Gasteiger partial charge in [-0.15, -0.1) is 0 Å². The third kappa shape index (κ3) is 5.81. The van der Waals surface area contributed by atoms with Crippen LogP contribution in [0.1, 0.15) is 17.0 Å². The van der Waals surface area contributed by atoms with E-state index < -0.39 is 0 Å². The molecular weight excluding hydrogens is 338 g/mol. The predicted molar refractivity (Wildman–Crippen MR) is 111 cm³/mol. The number of ether oxygens (including phenoxy) is 1. The molecule has 0 aliphatic carbocycles. The van der Waals surface area contributed by atoms with Crippen molar-refractivity contribution in [1.82, 2.24) is 14.4 Å². The molecule has 2 aromatic rings. The van der Waals surface area contributed by atoms with Crippen molar-refractivity contribution in [3.63, 3.8) is 0 Å². The second-order valence-corrected chi connectivity index (χ2v) is 6.95. The molecule has 2 rings (SSSR count). The Hall–Kier alpha value is -2.37. The number of aromatic nitrogens is 1. The van der Waals surface area contributed by atoms with Crippen molar-refractivity contribution in [2.75, 3.05) is 47.4 Å². The first-order valence-electron chi connectivity index (χ1n) is 9.29. The topological polar surface area (TPSA) is 37.7 Å². The highest BCUT2D eigenvalue weighted by molar-refractivity contribution is 5.92. The second kappa shape index (κ2) is 10.1. The average Bonchev–Trinajstić information content (AvgIpc) is 2.93. The number of likely N-dealkylation sites (N-methyl/N-ethyl adjacent to an activating group) is 1.